The van der Waals surface area contributed by atoms with Crippen molar-refractivity contribution in [1.29, 1.82) is 0 Å². The Kier molecular flexibility index (Phi) is 8.91. The molecule has 13 heteroatoms. The van der Waals surface area contributed by atoms with Crippen LogP contribution in [0.1, 0.15) is 37.8 Å². The van der Waals surface area contributed by atoms with Gasteiger partial charge in [0.25, 0.3) is 0 Å². The molecule has 0 bridgehead atoms. The summed E-state index contributed by atoms with van der Waals surface area (Å²) in [6.45, 7) is 2.75. The number of rotatable bonds is 12. The van der Waals surface area contributed by atoms with Crippen LogP contribution in [0.25, 0.3) is 10.6 Å². The average molecular weight is 580 g/mol. The fraction of sp³-hybridized carbons (Fsp3) is 0.333. The number of ether oxygens (including phenoxy) is 3. The number of methoxy groups -OCH3 is 2. The maximum Gasteiger partial charge on any atom is 0.338 e. The van der Waals surface area contributed by atoms with Gasteiger partial charge in [-0.15, -0.1) is 10.2 Å². The van der Waals surface area contributed by atoms with Gasteiger partial charge in [0.2, 0.25) is 5.95 Å². The third-order valence-corrected chi connectivity index (χ3v) is 8.41. The predicted molar refractivity (Wildman–Crippen MR) is 153 cm³/mol. The second-order valence-electron chi connectivity index (χ2n) is 8.85. The van der Waals surface area contributed by atoms with Crippen molar-refractivity contribution in [1.82, 2.24) is 30.4 Å². The molecule has 0 amide bonds. The molecule has 0 fully saturated rings. The molecule has 0 radical (unpaired) electrons. The molecule has 0 saturated carbocycles. The van der Waals surface area contributed by atoms with Crippen LogP contribution in [0.3, 0.4) is 0 Å². The van der Waals surface area contributed by atoms with Crippen molar-refractivity contribution < 1.29 is 19.0 Å². The van der Waals surface area contributed by atoms with E-state index in [1.807, 2.05) is 48.5 Å². The number of esters is 1. The lowest BCUT2D eigenvalue weighted by Crippen LogP contribution is -2.31. The van der Waals surface area contributed by atoms with Crippen molar-refractivity contribution in [3.05, 3.63) is 65.4 Å². The summed E-state index contributed by atoms with van der Waals surface area (Å²) in [6, 6.07) is 14.8. The molecule has 11 nitrogen and oxygen atoms in total. The minimum absolute atomic E-state index is 0.390. The van der Waals surface area contributed by atoms with E-state index in [1.54, 1.807) is 11.8 Å². The van der Waals surface area contributed by atoms with Crippen LogP contribution in [-0.2, 0) is 9.53 Å². The lowest BCUT2D eigenvalue weighted by Gasteiger charge is -2.28. The lowest BCUT2D eigenvalue weighted by molar-refractivity contribution is -0.136. The summed E-state index contributed by atoms with van der Waals surface area (Å²) >= 11 is 2.95. The van der Waals surface area contributed by atoms with Gasteiger partial charge in [-0.05, 0) is 34.5 Å². The number of benzene rings is 2. The predicted octanol–water partition coefficient (Wildman–Crippen LogP) is 5.00. The molecule has 1 unspecified atom stereocenters. The number of carbonyl (C=O) groups excluding carboxylic acids is 1. The van der Waals surface area contributed by atoms with Crippen LogP contribution in [0, 0.1) is 0 Å². The zero-order valence-corrected chi connectivity index (χ0v) is 24.0. The van der Waals surface area contributed by atoms with Crippen LogP contribution in [-0.4, -0.2) is 63.0 Å². The highest BCUT2D eigenvalue weighted by Gasteiger charge is 2.36. The molecule has 1 aliphatic rings. The van der Waals surface area contributed by atoms with E-state index < -0.39 is 12.0 Å². The van der Waals surface area contributed by atoms with Gasteiger partial charge in [0.15, 0.2) is 15.8 Å². The number of hydrogen-bond donors (Lipinski definition) is 1. The Morgan fingerprint density at radius 2 is 1.93 bits per heavy atom. The number of anilines is 1. The zero-order chi connectivity index (χ0) is 27.9. The maximum absolute atomic E-state index is 13.2. The minimum Gasteiger partial charge on any atom is -0.493 e. The Balaban J connectivity index is 1.45. The van der Waals surface area contributed by atoms with Crippen LogP contribution in [0.5, 0.6) is 11.5 Å². The molecule has 3 heterocycles. The molecule has 1 atom stereocenters. The Morgan fingerprint density at radius 3 is 2.70 bits per heavy atom. The standard InChI is InChI=1S/C27H29N7O4S2/c1-4-5-9-14-38-20-13-12-18(15-21(20)36-2)23-22(25(35)37-3)19(28-26-30-32-33-34(23)26)16-39-27-31-29-24(40-27)17-10-7-6-8-11-17/h6-8,10-13,15,23H,4-5,9,14,16H2,1-3H3,(H,28,30,33). The summed E-state index contributed by atoms with van der Waals surface area (Å²) < 4.78 is 19.2. The van der Waals surface area contributed by atoms with E-state index in [2.05, 4.69) is 38.0 Å². The number of aromatic nitrogens is 6. The van der Waals surface area contributed by atoms with Crippen LogP contribution in [0.15, 0.2) is 64.1 Å². The molecule has 0 spiro atoms. The van der Waals surface area contributed by atoms with E-state index in [9.17, 15) is 4.79 Å². The molecular formula is C27H29N7O4S2. The third kappa shape index (κ3) is 5.94. The highest BCUT2D eigenvalue weighted by molar-refractivity contribution is 8.01. The minimum atomic E-state index is -0.647. The largest absolute Gasteiger partial charge is 0.493 e. The van der Waals surface area contributed by atoms with Crippen molar-refractivity contribution in [2.45, 2.75) is 36.6 Å². The van der Waals surface area contributed by atoms with E-state index in [-0.39, 0.29) is 0 Å². The number of nitrogens with zero attached hydrogens (tertiary/aromatic N) is 6. The molecule has 0 aliphatic carbocycles. The van der Waals surface area contributed by atoms with E-state index in [0.29, 0.717) is 41.1 Å². The van der Waals surface area contributed by atoms with Gasteiger partial charge in [-0.1, -0.05) is 84.4 Å². The number of thioether (sulfide) groups is 1. The highest BCUT2D eigenvalue weighted by atomic mass is 32.2. The van der Waals surface area contributed by atoms with Gasteiger partial charge in [-0.3, -0.25) is 0 Å². The molecule has 208 valence electrons. The number of carbonyl (C=O) groups is 1. The van der Waals surface area contributed by atoms with Crippen molar-refractivity contribution in [3.8, 4) is 22.1 Å². The van der Waals surface area contributed by atoms with Gasteiger partial charge in [-0.25, -0.2) is 4.79 Å². The Bertz CT molecular complexity index is 1490. The maximum atomic E-state index is 13.2. The first kappa shape index (κ1) is 27.6. The molecule has 2 aromatic heterocycles. The molecule has 1 N–H and O–H groups in total. The second-order valence-corrected chi connectivity index (χ2v) is 11.1. The van der Waals surface area contributed by atoms with Gasteiger partial charge >= 0.3 is 5.97 Å². The lowest BCUT2D eigenvalue weighted by atomic mass is 9.95. The second kappa shape index (κ2) is 12.9. The number of hydrogen-bond acceptors (Lipinski definition) is 12. The highest BCUT2D eigenvalue weighted by Crippen LogP contribution is 2.40. The summed E-state index contributed by atoms with van der Waals surface area (Å²) in [4.78, 5) is 13.2. The molecule has 0 saturated heterocycles. The average Bonchev–Trinajstić information content (AvgIpc) is 3.67. The van der Waals surface area contributed by atoms with Gasteiger partial charge in [-0.2, -0.15) is 4.68 Å². The first-order valence-electron chi connectivity index (χ1n) is 12.8. The fourth-order valence-corrected chi connectivity index (χ4v) is 6.14. The molecule has 40 heavy (non-hydrogen) atoms. The van der Waals surface area contributed by atoms with Crippen molar-refractivity contribution in [2.75, 3.05) is 31.9 Å². The first-order valence-corrected chi connectivity index (χ1v) is 14.6. The van der Waals surface area contributed by atoms with Crippen LogP contribution in [0.2, 0.25) is 0 Å². The summed E-state index contributed by atoms with van der Waals surface area (Å²) in [5.74, 6) is 1.51. The van der Waals surface area contributed by atoms with Crippen molar-refractivity contribution in [2.24, 2.45) is 0 Å². The van der Waals surface area contributed by atoms with Crippen LogP contribution >= 0.6 is 23.1 Å². The summed E-state index contributed by atoms with van der Waals surface area (Å²) in [6.07, 6.45) is 3.16. The van der Waals surface area contributed by atoms with Gasteiger partial charge in [0.1, 0.15) is 11.0 Å². The smallest absolute Gasteiger partial charge is 0.338 e. The monoisotopic (exact) mass is 579 g/mol. The number of nitrogens with one attached hydrogen (secondary N) is 1. The molecule has 5 rings (SSSR count). The Morgan fingerprint density at radius 1 is 1.07 bits per heavy atom. The summed E-state index contributed by atoms with van der Waals surface area (Å²) in [7, 11) is 2.95. The summed E-state index contributed by atoms with van der Waals surface area (Å²) in [5.41, 5.74) is 2.77. The van der Waals surface area contributed by atoms with Gasteiger partial charge < -0.3 is 19.5 Å². The number of unbranched alkanes of at least 4 members (excludes halogenated alkanes) is 2. The van der Waals surface area contributed by atoms with E-state index in [4.69, 9.17) is 14.2 Å². The van der Waals surface area contributed by atoms with E-state index >= 15 is 0 Å². The topological polar surface area (TPSA) is 126 Å². The normalized spacial score (nSPS) is 14.4. The number of tetrazole rings is 1. The molecule has 4 aromatic rings. The van der Waals surface area contributed by atoms with Gasteiger partial charge in [0.05, 0.1) is 26.4 Å². The van der Waals surface area contributed by atoms with E-state index in [0.717, 1.165) is 39.7 Å². The molecule has 2 aromatic carbocycles. The summed E-state index contributed by atoms with van der Waals surface area (Å²) in [5, 5.41) is 24.9. The van der Waals surface area contributed by atoms with Gasteiger partial charge in [0, 0.05) is 17.0 Å². The first-order chi connectivity index (χ1) is 19.6. The SMILES string of the molecule is CCCCCOc1ccc(C2C(C(=O)OC)=C(CSc3nnc(-c4ccccc4)s3)Nc3nnnn32)cc1OC. The Labute approximate surface area is 239 Å². The zero-order valence-electron chi connectivity index (χ0n) is 22.4. The van der Waals surface area contributed by atoms with Crippen molar-refractivity contribution in [3.63, 3.8) is 0 Å². The number of fused-ring (bicyclic) bond motifs is 1. The van der Waals surface area contributed by atoms with Crippen LogP contribution in [0.4, 0.5) is 5.95 Å². The fourth-order valence-electron chi connectivity index (χ4n) is 4.31. The van der Waals surface area contributed by atoms with Crippen LogP contribution < -0.4 is 14.8 Å². The Hall–Kier alpha value is -3.97. The van der Waals surface area contributed by atoms with E-state index in [1.165, 1.54) is 30.2 Å². The molecular weight excluding hydrogens is 550 g/mol. The quantitative estimate of drug-likeness (QED) is 0.138. The molecule has 1 aliphatic heterocycles. The third-order valence-electron chi connectivity index (χ3n) is 6.28. The van der Waals surface area contributed by atoms with Crippen molar-refractivity contribution >= 4 is 35.0 Å².